The molecule has 0 aliphatic heterocycles. The van der Waals surface area contributed by atoms with Gasteiger partial charge >= 0.3 is 0 Å². The first kappa shape index (κ1) is 24.0. The molecule has 2 amide bonds. The molecule has 0 atom stereocenters. The van der Waals surface area contributed by atoms with E-state index in [1.807, 2.05) is 19.9 Å². The van der Waals surface area contributed by atoms with E-state index in [1.54, 1.807) is 30.3 Å². The molecule has 0 aliphatic carbocycles. The zero-order valence-electron chi connectivity index (χ0n) is 18.4. The number of halogens is 2. The molecule has 0 saturated heterocycles. The zero-order valence-corrected chi connectivity index (χ0v) is 19.9. The smallest absolute Gasteiger partial charge is 0.254 e. The minimum Gasteiger partial charge on any atom is -0.329 e. The van der Waals surface area contributed by atoms with Crippen LogP contribution in [0.25, 0.3) is 11.0 Å². The molecule has 32 heavy (non-hydrogen) atoms. The van der Waals surface area contributed by atoms with E-state index in [0.717, 1.165) is 29.7 Å². The Morgan fingerprint density at radius 1 is 0.938 bits per heavy atom. The average Bonchev–Trinajstić information content (AvgIpc) is 2.78. The summed E-state index contributed by atoms with van der Waals surface area (Å²) in [6.45, 7) is 6.40. The van der Waals surface area contributed by atoms with Gasteiger partial charge in [-0.25, -0.2) is 9.97 Å². The maximum Gasteiger partial charge on any atom is 0.254 e. The molecule has 168 valence electrons. The summed E-state index contributed by atoms with van der Waals surface area (Å²) in [6, 6.07) is 10.1. The number of benzene rings is 2. The molecule has 3 aromatic rings. The molecule has 3 rings (SSSR count). The van der Waals surface area contributed by atoms with Gasteiger partial charge in [0.1, 0.15) is 6.54 Å². The monoisotopic (exact) mass is 472 g/mol. The Hall–Kier alpha value is -2.70. The molecule has 0 aliphatic rings. The number of rotatable bonds is 8. The van der Waals surface area contributed by atoms with Gasteiger partial charge in [0.2, 0.25) is 5.91 Å². The molecule has 2 aromatic carbocycles. The van der Waals surface area contributed by atoms with Crippen LogP contribution in [0.2, 0.25) is 10.0 Å². The fourth-order valence-corrected chi connectivity index (χ4v) is 3.94. The Balaban J connectivity index is 1.81. The fraction of sp³-hybridized carbons (Fsp3) is 0.333. The van der Waals surface area contributed by atoms with Gasteiger partial charge in [0, 0.05) is 17.1 Å². The lowest BCUT2D eigenvalue weighted by atomic mass is 10.1. The van der Waals surface area contributed by atoms with Crippen LogP contribution >= 0.6 is 23.2 Å². The lowest BCUT2D eigenvalue weighted by Gasteiger charge is -2.22. The van der Waals surface area contributed by atoms with E-state index < -0.39 is 0 Å². The molecular formula is C24H26Cl2N4O2. The maximum absolute atomic E-state index is 13.2. The van der Waals surface area contributed by atoms with E-state index in [-0.39, 0.29) is 18.4 Å². The van der Waals surface area contributed by atoms with Crippen molar-refractivity contribution in [3.63, 3.8) is 0 Å². The summed E-state index contributed by atoms with van der Waals surface area (Å²) >= 11 is 12.0. The molecule has 0 saturated carbocycles. The van der Waals surface area contributed by atoms with Gasteiger partial charge in [-0.1, -0.05) is 44.0 Å². The Bertz CT molecular complexity index is 1150. The lowest BCUT2D eigenvalue weighted by molar-refractivity contribution is -0.116. The second-order valence-electron chi connectivity index (χ2n) is 7.43. The first-order chi connectivity index (χ1) is 15.4. The van der Waals surface area contributed by atoms with Crippen molar-refractivity contribution in [1.82, 2.24) is 14.9 Å². The van der Waals surface area contributed by atoms with E-state index >= 15 is 0 Å². The molecule has 0 radical (unpaired) electrons. The van der Waals surface area contributed by atoms with Crippen LogP contribution in [-0.4, -0.2) is 39.8 Å². The first-order valence-corrected chi connectivity index (χ1v) is 11.5. The van der Waals surface area contributed by atoms with Crippen LogP contribution in [0.4, 0.5) is 5.69 Å². The third-order valence-electron chi connectivity index (χ3n) is 5.06. The number of hydrogen-bond donors (Lipinski definition) is 1. The van der Waals surface area contributed by atoms with Gasteiger partial charge in [-0.05, 0) is 55.7 Å². The number of carbonyl (C=O) groups is 2. The van der Waals surface area contributed by atoms with E-state index in [0.29, 0.717) is 39.8 Å². The molecule has 1 aromatic heterocycles. The summed E-state index contributed by atoms with van der Waals surface area (Å²) in [5.41, 5.74) is 4.28. The number of anilines is 1. The highest BCUT2D eigenvalue weighted by Crippen LogP contribution is 2.25. The number of fused-ring (bicyclic) bond motifs is 1. The summed E-state index contributed by atoms with van der Waals surface area (Å²) in [5, 5.41) is 3.56. The summed E-state index contributed by atoms with van der Waals surface area (Å²) in [6.07, 6.45) is 2.30. The molecular weight excluding hydrogens is 447 g/mol. The minimum atomic E-state index is -0.336. The number of amides is 2. The van der Waals surface area contributed by atoms with Crippen LogP contribution in [0.5, 0.6) is 0 Å². The molecule has 0 bridgehead atoms. The molecule has 0 fully saturated rings. The van der Waals surface area contributed by atoms with Crippen LogP contribution in [0.1, 0.15) is 48.9 Å². The van der Waals surface area contributed by atoms with Crippen molar-refractivity contribution in [2.75, 3.05) is 18.4 Å². The number of hydrogen-bond acceptors (Lipinski definition) is 4. The highest BCUT2D eigenvalue weighted by Gasteiger charge is 2.20. The van der Waals surface area contributed by atoms with Crippen molar-refractivity contribution < 1.29 is 9.59 Å². The minimum absolute atomic E-state index is 0.0929. The normalized spacial score (nSPS) is 10.9. The van der Waals surface area contributed by atoms with E-state index in [1.165, 1.54) is 4.90 Å². The van der Waals surface area contributed by atoms with Gasteiger partial charge < -0.3 is 10.2 Å². The molecule has 6 nitrogen and oxygen atoms in total. The predicted molar refractivity (Wildman–Crippen MR) is 130 cm³/mol. The molecule has 8 heteroatoms. The van der Waals surface area contributed by atoms with E-state index in [2.05, 4.69) is 17.2 Å². The van der Waals surface area contributed by atoms with E-state index in [4.69, 9.17) is 28.2 Å². The quantitative estimate of drug-likeness (QED) is 0.465. The number of carbonyl (C=O) groups excluding carboxylic acids is 2. The van der Waals surface area contributed by atoms with Gasteiger partial charge in [0.05, 0.1) is 33.1 Å². The highest BCUT2D eigenvalue weighted by atomic mass is 35.5. The Kier molecular flexibility index (Phi) is 8.04. The Morgan fingerprint density at radius 3 is 2.25 bits per heavy atom. The molecule has 1 N–H and O–H groups in total. The summed E-state index contributed by atoms with van der Waals surface area (Å²) in [5.74, 6) is -0.567. The molecule has 1 heterocycles. The first-order valence-electron chi connectivity index (χ1n) is 10.7. The van der Waals surface area contributed by atoms with Gasteiger partial charge in [0.25, 0.3) is 5.91 Å². The fourth-order valence-electron chi connectivity index (χ4n) is 3.49. The van der Waals surface area contributed by atoms with E-state index in [9.17, 15) is 9.59 Å². The predicted octanol–water partition coefficient (Wildman–Crippen LogP) is 5.55. The topological polar surface area (TPSA) is 75.2 Å². The summed E-state index contributed by atoms with van der Waals surface area (Å²) in [4.78, 5) is 36.7. The van der Waals surface area contributed by atoms with Gasteiger partial charge in [0.15, 0.2) is 0 Å². The Morgan fingerprint density at radius 2 is 1.62 bits per heavy atom. The number of nitrogens with one attached hydrogen (secondary N) is 1. The van der Waals surface area contributed by atoms with Gasteiger partial charge in [-0.2, -0.15) is 0 Å². The van der Waals surface area contributed by atoms with Crippen LogP contribution in [0.3, 0.4) is 0 Å². The molecule has 0 unspecified atom stereocenters. The van der Waals surface area contributed by atoms with Gasteiger partial charge in [-0.15, -0.1) is 0 Å². The van der Waals surface area contributed by atoms with Crippen LogP contribution in [-0.2, 0) is 17.6 Å². The highest BCUT2D eigenvalue weighted by molar-refractivity contribution is 6.36. The van der Waals surface area contributed by atoms with Crippen LogP contribution in [0, 0.1) is 0 Å². The van der Waals surface area contributed by atoms with Gasteiger partial charge in [-0.3, -0.25) is 9.59 Å². The summed E-state index contributed by atoms with van der Waals surface area (Å²) < 4.78 is 0. The number of aromatic nitrogens is 2. The third-order valence-corrected chi connectivity index (χ3v) is 5.60. The zero-order chi connectivity index (χ0) is 23.3. The van der Waals surface area contributed by atoms with Crippen molar-refractivity contribution in [2.45, 2.75) is 40.0 Å². The van der Waals surface area contributed by atoms with Crippen LogP contribution < -0.4 is 5.32 Å². The lowest BCUT2D eigenvalue weighted by Crippen LogP contribution is -2.38. The second-order valence-corrected chi connectivity index (χ2v) is 8.27. The van der Waals surface area contributed by atoms with Crippen molar-refractivity contribution in [3.8, 4) is 0 Å². The van der Waals surface area contributed by atoms with Crippen LogP contribution in [0.15, 0.2) is 36.4 Å². The molecule has 0 spiro atoms. The number of aryl methyl sites for hydroxylation is 2. The van der Waals surface area contributed by atoms with Crippen molar-refractivity contribution in [2.24, 2.45) is 0 Å². The summed E-state index contributed by atoms with van der Waals surface area (Å²) in [7, 11) is 0. The van der Waals surface area contributed by atoms with Crippen molar-refractivity contribution in [3.05, 3.63) is 63.4 Å². The standard InChI is InChI=1S/C24H26Cl2N4O2/c1-4-11-30(14-23(31)29-20-10-8-16(25)13-17(20)26)24(32)15-7-9-21-22(12-15)28-19(6-3)18(5-2)27-21/h7-10,12-13H,4-6,11,14H2,1-3H3,(H,29,31). The largest absolute Gasteiger partial charge is 0.329 e. The SMILES string of the molecule is CCCN(CC(=O)Nc1ccc(Cl)cc1Cl)C(=O)c1ccc2nc(CC)c(CC)nc2c1. The second kappa shape index (κ2) is 10.7. The number of nitrogens with zero attached hydrogens (tertiary/aromatic N) is 3. The average molecular weight is 473 g/mol. The van der Waals surface area contributed by atoms with Crippen molar-refractivity contribution in [1.29, 1.82) is 0 Å². The maximum atomic E-state index is 13.2. The Labute approximate surface area is 197 Å². The van der Waals surface area contributed by atoms with Crippen molar-refractivity contribution >= 4 is 51.7 Å². The third kappa shape index (κ3) is 5.56.